The van der Waals surface area contributed by atoms with Gasteiger partial charge in [0.2, 0.25) is 0 Å². The quantitative estimate of drug-likeness (QED) is 0.863. The number of amides is 1. The second-order valence-electron chi connectivity index (χ2n) is 6.49. The number of nitrogens with zero attached hydrogens (tertiary/aromatic N) is 1. The molecule has 6 heteroatoms. The Hall–Kier alpha value is -2.08. The maximum Gasteiger partial charge on any atom is 0.410 e. The van der Waals surface area contributed by atoms with Gasteiger partial charge in [-0.15, -0.1) is 0 Å². The number of hydrogen-bond acceptors (Lipinski definition) is 5. The molecule has 0 spiro atoms. The van der Waals surface area contributed by atoms with Crippen molar-refractivity contribution in [2.24, 2.45) is 0 Å². The molecule has 1 aromatic rings. The molecule has 1 N–H and O–H groups in total. The summed E-state index contributed by atoms with van der Waals surface area (Å²) in [6.07, 6.45) is -2.85. The molecule has 1 aromatic carbocycles. The van der Waals surface area contributed by atoms with E-state index in [1.165, 1.54) is 0 Å². The molecule has 0 aromatic heterocycles. The van der Waals surface area contributed by atoms with E-state index in [9.17, 15) is 14.7 Å². The number of carbonyl (C=O) groups excluding carboxylic acids is 2. The van der Waals surface area contributed by atoms with E-state index in [4.69, 9.17) is 10.8 Å². The van der Waals surface area contributed by atoms with Gasteiger partial charge in [0.15, 0.2) is 0 Å². The first kappa shape index (κ1) is 15.8. The molecule has 1 unspecified atom stereocenters. The molecule has 2 rings (SSSR count). The lowest BCUT2D eigenvalue weighted by molar-refractivity contribution is -0.159. The van der Waals surface area contributed by atoms with Crippen molar-refractivity contribution in [2.75, 3.05) is 6.54 Å². The van der Waals surface area contributed by atoms with E-state index < -0.39 is 29.8 Å². The Bertz CT molecular complexity index is 597. The number of ether oxygens (including phenoxy) is 2. The first-order valence-corrected chi connectivity index (χ1v) is 7.50. The molecule has 6 nitrogen and oxygen atoms in total. The molecule has 0 radical (unpaired) electrons. The van der Waals surface area contributed by atoms with Crippen LogP contribution in [0.25, 0.3) is 0 Å². The van der Waals surface area contributed by atoms with Crippen LogP contribution >= 0.6 is 0 Å². The number of benzene rings is 1. The van der Waals surface area contributed by atoms with Crippen LogP contribution in [0.4, 0.5) is 4.79 Å². The van der Waals surface area contributed by atoms with Crippen LogP contribution in [0.5, 0.6) is 0 Å². The van der Waals surface area contributed by atoms with Crippen molar-refractivity contribution in [2.45, 2.75) is 51.5 Å². The second-order valence-corrected chi connectivity index (χ2v) is 6.49. The van der Waals surface area contributed by atoms with Gasteiger partial charge >= 0.3 is 12.1 Å². The van der Waals surface area contributed by atoms with Crippen molar-refractivity contribution in [3.63, 3.8) is 0 Å². The predicted molar refractivity (Wildman–Crippen MR) is 83.6 cm³/mol. The van der Waals surface area contributed by atoms with E-state index in [1.807, 2.05) is 30.3 Å². The van der Waals surface area contributed by atoms with Gasteiger partial charge in [-0.05, 0) is 26.3 Å². The molecule has 1 saturated heterocycles. The third-order valence-corrected chi connectivity index (χ3v) is 3.28. The molecule has 1 heterocycles. The number of hydrogen-bond donors (Lipinski definition) is 1. The summed E-state index contributed by atoms with van der Waals surface area (Å²) >= 11 is 0. The van der Waals surface area contributed by atoms with Gasteiger partial charge in [0, 0.05) is 6.42 Å². The Morgan fingerprint density at radius 1 is 1.35 bits per heavy atom. The Balaban J connectivity index is 2.04. The number of esters is 1. The van der Waals surface area contributed by atoms with Crippen molar-refractivity contribution in [1.29, 1.82) is 0 Å². The Morgan fingerprint density at radius 3 is 2.61 bits per heavy atom. The molecule has 1 fully saturated rings. The van der Waals surface area contributed by atoms with Gasteiger partial charge in [-0.3, -0.25) is 4.90 Å². The van der Waals surface area contributed by atoms with E-state index in [2.05, 4.69) is 0 Å². The van der Waals surface area contributed by atoms with E-state index in [0.717, 1.165) is 10.5 Å². The minimum atomic E-state index is -1.90. The summed E-state index contributed by atoms with van der Waals surface area (Å²) in [5.41, 5.74) is 0.0828. The monoisotopic (exact) mass is 322 g/mol. The molecule has 2 atom stereocenters. The fourth-order valence-corrected chi connectivity index (χ4v) is 2.28. The first-order valence-electron chi connectivity index (χ1n) is 8.00. The smallest absolute Gasteiger partial charge is 0.410 e. The summed E-state index contributed by atoms with van der Waals surface area (Å²) in [5, 5.41) is 9.93. The summed E-state index contributed by atoms with van der Waals surface area (Å²) in [5.74, 6) is -0.651. The van der Waals surface area contributed by atoms with E-state index >= 15 is 0 Å². The lowest BCUT2D eigenvalue weighted by Crippen LogP contribution is -2.43. The molecule has 0 saturated carbocycles. The van der Waals surface area contributed by atoms with Crippen molar-refractivity contribution in [3.8, 4) is 0 Å². The van der Waals surface area contributed by atoms with Crippen LogP contribution in [-0.2, 0) is 20.9 Å². The zero-order valence-electron chi connectivity index (χ0n) is 14.6. The lowest BCUT2D eigenvalue weighted by Gasteiger charge is -2.26. The maximum atomic E-state index is 12.3. The summed E-state index contributed by atoms with van der Waals surface area (Å²) in [4.78, 5) is 25.6. The molecular weight excluding hydrogens is 298 g/mol. The van der Waals surface area contributed by atoms with Gasteiger partial charge in [-0.2, -0.15) is 0 Å². The molecule has 0 bridgehead atoms. The van der Waals surface area contributed by atoms with Crippen molar-refractivity contribution < 1.29 is 25.5 Å². The summed E-state index contributed by atoms with van der Waals surface area (Å²) in [7, 11) is 0. The van der Waals surface area contributed by atoms with Crippen LogP contribution in [0.3, 0.4) is 0 Å². The van der Waals surface area contributed by atoms with Gasteiger partial charge in [0.1, 0.15) is 18.2 Å². The molecule has 1 amide bonds. The van der Waals surface area contributed by atoms with Gasteiger partial charge < -0.3 is 14.6 Å². The summed E-state index contributed by atoms with van der Waals surface area (Å²) in [6, 6.07) is 8.09. The average molecular weight is 322 g/mol. The fourth-order valence-electron chi connectivity index (χ4n) is 2.28. The first-order chi connectivity index (χ1) is 11.1. The highest BCUT2D eigenvalue weighted by molar-refractivity contribution is 5.82. The highest BCUT2D eigenvalue weighted by Gasteiger charge is 2.41. The van der Waals surface area contributed by atoms with E-state index in [1.54, 1.807) is 20.8 Å². The SMILES string of the molecule is [2H]C1(O)C[C@@H](C(=O)OC(C)(C)C)N(C(=O)OCc2ccccc2)C1. The van der Waals surface area contributed by atoms with Gasteiger partial charge in [0.05, 0.1) is 14.0 Å². The number of aliphatic hydroxyl groups is 1. The van der Waals surface area contributed by atoms with Gasteiger partial charge in [-0.25, -0.2) is 9.59 Å². The minimum absolute atomic E-state index is 0.0492. The number of β-amino-alcohol motifs (C(OH)–C–C–N with tert-alkyl or cyclic N) is 1. The van der Waals surface area contributed by atoms with Crippen molar-refractivity contribution >= 4 is 12.1 Å². The zero-order valence-corrected chi connectivity index (χ0v) is 13.6. The van der Waals surface area contributed by atoms with Crippen LogP contribution in [-0.4, -0.2) is 46.3 Å². The van der Waals surface area contributed by atoms with E-state index in [-0.39, 0.29) is 19.6 Å². The molecule has 0 aliphatic carbocycles. The van der Waals surface area contributed by atoms with Crippen LogP contribution in [0.2, 0.25) is 0 Å². The standard InChI is InChI=1S/C17H23NO5/c1-17(2,3)23-15(20)14-9-13(19)10-18(14)16(21)22-11-12-7-5-4-6-8-12/h4-8,13-14,19H,9-11H2,1-3H3/t13?,14-/m0/s1/i13D. The second kappa shape index (κ2) is 7.00. The Labute approximate surface area is 137 Å². The van der Waals surface area contributed by atoms with E-state index in [0.29, 0.717) is 0 Å². The van der Waals surface area contributed by atoms with Crippen LogP contribution in [0.15, 0.2) is 30.3 Å². The average Bonchev–Trinajstić information content (AvgIpc) is 2.80. The lowest BCUT2D eigenvalue weighted by atomic mass is 10.1. The van der Waals surface area contributed by atoms with Crippen molar-refractivity contribution in [1.82, 2.24) is 4.90 Å². The zero-order chi connectivity index (χ0) is 18.0. The highest BCUT2D eigenvalue weighted by Crippen LogP contribution is 2.22. The van der Waals surface area contributed by atoms with Gasteiger partial charge in [0.25, 0.3) is 0 Å². The minimum Gasteiger partial charge on any atom is -0.458 e. The summed E-state index contributed by atoms with van der Waals surface area (Å²) < 4.78 is 18.2. The topological polar surface area (TPSA) is 76.1 Å². The fraction of sp³-hybridized carbons (Fsp3) is 0.529. The predicted octanol–water partition coefficient (Wildman–Crippen LogP) is 2.10. The molecule has 1 aliphatic rings. The molecular formula is C17H23NO5. The van der Waals surface area contributed by atoms with Gasteiger partial charge in [-0.1, -0.05) is 30.3 Å². The van der Waals surface area contributed by atoms with Crippen LogP contribution in [0, 0.1) is 0 Å². The molecule has 126 valence electrons. The number of carbonyl (C=O) groups is 2. The summed E-state index contributed by atoms with van der Waals surface area (Å²) in [6.45, 7) is 4.89. The largest absolute Gasteiger partial charge is 0.458 e. The normalized spacial score (nSPS) is 25.0. The van der Waals surface area contributed by atoms with Crippen LogP contribution in [0.1, 0.15) is 34.1 Å². The molecule has 23 heavy (non-hydrogen) atoms. The number of likely N-dealkylation sites (tertiary alicyclic amines) is 1. The number of rotatable bonds is 3. The maximum absolute atomic E-state index is 12.3. The van der Waals surface area contributed by atoms with Crippen LogP contribution < -0.4 is 0 Å². The Kier molecular flexibility index (Phi) is 4.81. The Morgan fingerprint density at radius 2 is 2.00 bits per heavy atom. The van der Waals surface area contributed by atoms with Crippen molar-refractivity contribution in [3.05, 3.63) is 35.9 Å². The molecule has 1 aliphatic heterocycles. The highest BCUT2D eigenvalue weighted by atomic mass is 16.6. The third kappa shape index (κ3) is 4.96. The third-order valence-electron chi connectivity index (χ3n) is 3.28.